The summed E-state index contributed by atoms with van der Waals surface area (Å²) in [6.45, 7) is 4.98. The van der Waals surface area contributed by atoms with Crippen LogP contribution >= 0.6 is 0 Å². The highest BCUT2D eigenvalue weighted by molar-refractivity contribution is 6.43. The second-order valence-electron chi connectivity index (χ2n) is 6.85. The van der Waals surface area contributed by atoms with E-state index in [1.807, 2.05) is 31.2 Å². The monoisotopic (exact) mass is 370 g/mol. The van der Waals surface area contributed by atoms with E-state index in [0.29, 0.717) is 0 Å². The number of aryl methyl sites for hydroxylation is 1. The van der Waals surface area contributed by atoms with E-state index in [2.05, 4.69) is 20.6 Å². The SMILES string of the molecule is Cc1ccc(CC(NC(=O)C(C)(C)NC(=O)c2cnccn2)B(O)O)cc1. The molecule has 4 N–H and O–H groups in total. The molecule has 0 fully saturated rings. The molecule has 1 heterocycles. The van der Waals surface area contributed by atoms with Gasteiger partial charge in [-0.25, -0.2) is 4.98 Å². The van der Waals surface area contributed by atoms with Crippen LogP contribution in [0.15, 0.2) is 42.9 Å². The third-order valence-electron chi connectivity index (χ3n) is 4.04. The van der Waals surface area contributed by atoms with Crippen molar-refractivity contribution in [3.05, 3.63) is 59.7 Å². The maximum absolute atomic E-state index is 12.6. The van der Waals surface area contributed by atoms with Gasteiger partial charge in [0.05, 0.1) is 12.1 Å². The Morgan fingerprint density at radius 2 is 1.85 bits per heavy atom. The van der Waals surface area contributed by atoms with E-state index in [-0.39, 0.29) is 12.1 Å². The predicted octanol–water partition coefficient (Wildman–Crippen LogP) is 0.0329. The Morgan fingerprint density at radius 1 is 1.19 bits per heavy atom. The average molecular weight is 370 g/mol. The van der Waals surface area contributed by atoms with Crippen molar-refractivity contribution in [1.29, 1.82) is 0 Å². The van der Waals surface area contributed by atoms with Crippen molar-refractivity contribution in [1.82, 2.24) is 20.6 Å². The zero-order valence-corrected chi connectivity index (χ0v) is 15.5. The first kappa shape index (κ1) is 20.5. The fraction of sp³-hybridized carbons (Fsp3) is 0.333. The molecule has 9 heteroatoms. The van der Waals surface area contributed by atoms with Crippen LogP contribution in [0.3, 0.4) is 0 Å². The number of hydrogen-bond acceptors (Lipinski definition) is 6. The standard InChI is InChI=1S/C18H23BN4O4/c1-12-4-6-13(7-5-12)10-15(19(26)27)22-17(25)18(2,3)23-16(24)14-11-20-8-9-21-14/h4-9,11,15,26-27H,10H2,1-3H3,(H,22,25)(H,23,24). The maximum Gasteiger partial charge on any atom is 0.475 e. The highest BCUT2D eigenvalue weighted by Crippen LogP contribution is 2.10. The van der Waals surface area contributed by atoms with Crippen molar-refractivity contribution in [2.45, 2.75) is 38.7 Å². The zero-order chi connectivity index (χ0) is 20.0. The Morgan fingerprint density at radius 3 is 2.41 bits per heavy atom. The molecule has 2 amide bonds. The minimum Gasteiger partial charge on any atom is -0.426 e. The van der Waals surface area contributed by atoms with Crippen LogP contribution in [0.1, 0.15) is 35.5 Å². The number of nitrogens with one attached hydrogen (secondary N) is 2. The van der Waals surface area contributed by atoms with Crippen molar-refractivity contribution in [2.24, 2.45) is 0 Å². The number of aromatic nitrogens is 2. The van der Waals surface area contributed by atoms with Gasteiger partial charge < -0.3 is 20.7 Å². The lowest BCUT2D eigenvalue weighted by Crippen LogP contribution is -2.59. The van der Waals surface area contributed by atoms with Gasteiger partial charge in [-0.2, -0.15) is 0 Å². The second-order valence-corrected chi connectivity index (χ2v) is 6.85. The zero-order valence-electron chi connectivity index (χ0n) is 15.5. The number of rotatable bonds is 7. The molecule has 0 aliphatic rings. The molecule has 27 heavy (non-hydrogen) atoms. The van der Waals surface area contributed by atoms with E-state index in [4.69, 9.17) is 0 Å². The number of carbonyl (C=O) groups excluding carboxylic acids is 2. The van der Waals surface area contributed by atoms with Crippen LogP contribution in [0, 0.1) is 6.92 Å². The van der Waals surface area contributed by atoms with E-state index in [9.17, 15) is 19.6 Å². The lowest BCUT2D eigenvalue weighted by atomic mass is 9.75. The average Bonchev–Trinajstić information content (AvgIpc) is 2.63. The first-order valence-electron chi connectivity index (χ1n) is 8.50. The predicted molar refractivity (Wildman–Crippen MR) is 101 cm³/mol. The molecule has 0 spiro atoms. The molecule has 1 atom stereocenters. The fourth-order valence-corrected chi connectivity index (χ4v) is 2.38. The summed E-state index contributed by atoms with van der Waals surface area (Å²) in [5.41, 5.74) is 0.712. The van der Waals surface area contributed by atoms with Gasteiger partial charge in [0.15, 0.2) is 0 Å². The largest absolute Gasteiger partial charge is 0.475 e. The maximum atomic E-state index is 12.6. The van der Waals surface area contributed by atoms with Crippen LogP contribution in [0.5, 0.6) is 0 Å². The summed E-state index contributed by atoms with van der Waals surface area (Å²) >= 11 is 0. The van der Waals surface area contributed by atoms with Crippen LogP contribution in [0.4, 0.5) is 0 Å². The quantitative estimate of drug-likeness (QED) is 0.510. The Labute approximate surface area is 158 Å². The molecule has 0 radical (unpaired) electrons. The molecule has 8 nitrogen and oxygen atoms in total. The van der Waals surface area contributed by atoms with Crippen LogP contribution in [-0.2, 0) is 11.2 Å². The van der Waals surface area contributed by atoms with E-state index < -0.39 is 30.4 Å². The molecule has 2 rings (SSSR count). The first-order chi connectivity index (χ1) is 12.7. The topological polar surface area (TPSA) is 124 Å². The third kappa shape index (κ3) is 5.87. The summed E-state index contributed by atoms with van der Waals surface area (Å²) in [6, 6.07) is 7.53. The second kappa shape index (κ2) is 8.74. The van der Waals surface area contributed by atoms with Gasteiger partial charge in [0.1, 0.15) is 11.2 Å². The van der Waals surface area contributed by atoms with Crippen molar-refractivity contribution in [2.75, 3.05) is 0 Å². The molecule has 1 unspecified atom stereocenters. The van der Waals surface area contributed by atoms with E-state index in [1.165, 1.54) is 32.4 Å². The van der Waals surface area contributed by atoms with Gasteiger partial charge >= 0.3 is 7.12 Å². The summed E-state index contributed by atoms with van der Waals surface area (Å²) in [5, 5.41) is 24.4. The normalized spacial score (nSPS) is 12.2. The number of carbonyl (C=O) groups is 2. The number of amides is 2. The van der Waals surface area contributed by atoms with Crippen LogP contribution in [-0.4, -0.2) is 50.4 Å². The summed E-state index contributed by atoms with van der Waals surface area (Å²) in [7, 11) is -1.75. The van der Waals surface area contributed by atoms with Crippen molar-refractivity contribution < 1.29 is 19.6 Å². The van der Waals surface area contributed by atoms with Gasteiger partial charge in [0.25, 0.3) is 5.91 Å². The Balaban J connectivity index is 2.04. The molecule has 0 aliphatic carbocycles. The Hall–Kier alpha value is -2.78. The Bertz CT molecular complexity index is 782. The van der Waals surface area contributed by atoms with Crippen molar-refractivity contribution >= 4 is 18.9 Å². The smallest absolute Gasteiger partial charge is 0.426 e. The lowest BCUT2D eigenvalue weighted by molar-refractivity contribution is -0.126. The molecule has 0 bridgehead atoms. The summed E-state index contributed by atoms with van der Waals surface area (Å²) in [4.78, 5) is 32.5. The highest BCUT2D eigenvalue weighted by atomic mass is 16.4. The number of benzene rings is 1. The molecule has 0 saturated heterocycles. The molecular formula is C18H23BN4O4. The molecule has 2 aromatic rings. The summed E-state index contributed by atoms with van der Waals surface area (Å²) < 4.78 is 0. The number of hydrogen-bond donors (Lipinski definition) is 4. The first-order valence-corrected chi connectivity index (χ1v) is 8.50. The minimum absolute atomic E-state index is 0.0803. The van der Waals surface area contributed by atoms with Gasteiger partial charge in [-0.3, -0.25) is 14.6 Å². The number of nitrogens with zero attached hydrogens (tertiary/aromatic N) is 2. The van der Waals surface area contributed by atoms with E-state index >= 15 is 0 Å². The third-order valence-corrected chi connectivity index (χ3v) is 4.04. The van der Waals surface area contributed by atoms with Gasteiger partial charge in [-0.1, -0.05) is 29.8 Å². The molecule has 1 aromatic carbocycles. The summed E-state index contributed by atoms with van der Waals surface area (Å²) in [6.07, 6.45) is 4.34. The fourth-order valence-electron chi connectivity index (χ4n) is 2.38. The van der Waals surface area contributed by atoms with Crippen molar-refractivity contribution in [3.63, 3.8) is 0 Å². The van der Waals surface area contributed by atoms with Crippen LogP contribution in [0.25, 0.3) is 0 Å². The van der Waals surface area contributed by atoms with Gasteiger partial charge in [-0.05, 0) is 32.8 Å². The van der Waals surface area contributed by atoms with Gasteiger partial charge in [-0.15, -0.1) is 0 Å². The van der Waals surface area contributed by atoms with Gasteiger partial charge in [0, 0.05) is 12.4 Å². The highest BCUT2D eigenvalue weighted by Gasteiger charge is 2.34. The Kier molecular flexibility index (Phi) is 6.65. The molecule has 0 aliphatic heterocycles. The molecular weight excluding hydrogens is 347 g/mol. The van der Waals surface area contributed by atoms with Crippen LogP contribution < -0.4 is 10.6 Å². The minimum atomic E-state index is -1.75. The van der Waals surface area contributed by atoms with E-state index in [0.717, 1.165) is 11.1 Å². The van der Waals surface area contributed by atoms with Gasteiger partial charge in [0.2, 0.25) is 5.91 Å². The molecule has 142 valence electrons. The van der Waals surface area contributed by atoms with Crippen LogP contribution in [0.2, 0.25) is 0 Å². The summed E-state index contributed by atoms with van der Waals surface area (Å²) in [5.74, 6) is -2.03. The molecule has 1 aromatic heterocycles. The lowest BCUT2D eigenvalue weighted by Gasteiger charge is -2.28. The van der Waals surface area contributed by atoms with Crippen molar-refractivity contribution in [3.8, 4) is 0 Å². The van der Waals surface area contributed by atoms with E-state index in [1.54, 1.807) is 0 Å². The molecule has 0 saturated carbocycles.